The van der Waals surface area contributed by atoms with Gasteiger partial charge in [-0.2, -0.15) is 0 Å². The number of aromatic nitrogens is 1. The Morgan fingerprint density at radius 1 is 1.00 bits per heavy atom. The molecular formula is C14H13Cl2N. The Bertz CT molecular complexity index is 578. The molecule has 3 heteroatoms. The molecule has 17 heavy (non-hydrogen) atoms. The van der Waals surface area contributed by atoms with Crippen LogP contribution in [-0.4, -0.2) is 4.98 Å². The first kappa shape index (κ1) is 11.3. The molecule has 0 fully saturated rings. The van der Waals surface area contributed by atoms with Gasteiger partial charge >= 0.3 is 0 Å². The molecule has 0 saturated carbocycles. The normalized spacial score (nSPS) is 15.6. The van der Waals surface area contributed by atoms with Gasteiger partial charge in [-0.05, 0) is 43.4 Å². The summed E-state index contributed by atoms with van der Waals surface area (Å²) >= 11 is 12.7. The molecule has 0 saturated heterocycles. The highest BCUT2D eigenvalue weighted by Crippen LogP contribution is 2.35. The molecule has 0 atom stereocenters. The van der Waals surface area contributed by atoms with Gasteiger partial charge in [0.05, 0.1) is 15.6 Å². The van der Waals surface area contributed by atoms with Crippen LogP contribution in [-0.2, 0) is 12.8 Å². The average molecular weight is 266 g/mol. The fraction of sp³-hybridized carbons (Fsp3) is 0.357. The number of aryl methyl sites for hydroxylation is 1. The molecule has 1 aromatic carbocycles. The number of fused-ring (bicyclic) bond motifs is 2. The number of nitrogens with zero attached hydrogens (tertiary/aromatic N) is 1. The fourth-order valence-corrected chi connectivity index (χ4v) is 3.26. The number of pyridine rings is 1. The monoisotopic (exact) mass is 265 g/mol. The average Bonchev–Trinajstić information content (AvgIpc) is 2.54. The van der Waals surface area contributed by atoms with Crippen LogP contribution in [0.2, 0.25) is 10.0 Å². The van der Waals surface area contributed by atoms with Gasteiger partial charge in [-0.25, -0.2) is 0 Å². The zero-order chi connectivity index (χ0) is 11.8. The second-order valence-corrected chi connectivity index (χ2v) is 5.33. The van der Waals surface area contributed by atoms with E-state index in [1.54, 1.807) is 0 Å². The van der Waals surface area contributed by atoms with E-state index < -0.39 is 0 Å². The molecular weight excluding hydrogens is 253 g/mol. The van der Waals surface area contributed by atoms with E-state index in [-0.39, 0.29) is 0 Å². The lowest BCUT2D eigenvalue weighted by atomic mass is 10.1. The van der Waals surface area contributed by atoms with Crippen LogP contribution in [0.15, 0.2) is 18.2 Å². The maximum Gasteiger partial charge on any atom is 0.0735 e. The Labute approximate surface area is 111 Å². The van der Waals surface area contributed by atoms with Crippen LogP contribution in [0.3, 0.4) is 0 Å². The second-order valence-electron chi connectivity index (χ2n) is 4.55. The van der Waals surface area contributed by atoms with Crippen molar-refractivity contribution in [3.63, 3.8) is 0 Å². The molecule has 0 bridgehead atoms. The number of hydrogen-bond acceptors (Lipinski definition) is 1. The molecule has 3 rings (SSSR count). The Kier molecular flexibility index (Phi) is 2.97. The molecule has 1 nitrogen and oxygen atoms in total. The van der Waals surface area contributed by atoms with E-state index in [0.717, 1.165) is 28.8 Å². The highest BCUT2D eigenvalue weighted by molar-refractivity contribution is 6.42. The van der Waals surface area contributed by atoms with E-state index in [4.69, 9.17) is 28.2 Å². The maximum atomic E-state index is 6.51. The summed E-state index contributed by atoms with van der Waals surface area (Å²) in [5.41, 5.74) is 3.30. The zero-order valence-electron chi connectivity index (χ0n) is 9.47. The lowest BCUT2D eigenvalue weighted by Crippen LogP contribution is -1.98. The van der Waals surface area contributed by atoms with Gasteiger partial charge in [-0.1, -0.05) is 35.7 Å². The van der Waals surface area contributed by atoms with Crippen molar-refractivity contribution in [2.24, 2.45) is 0 Å². The van der Waals surface area contributed by atoms with Gasteiger partial charge in [-0.3, -0.25) is 4.98 Å². The summed E-state index contributed by atoms with van der Waals surface area (Å²) in [4.78, 5) is 4.73. The van der Waals surface area contributed by atoms with E-state index in [2.05, 4.69) is 0 Å². The van der Waals surface area contributed by atoms with Crippen LogP contribution < -0.4 is 0 Å². The van der Waals surface area contributed by atoms with Gasteiger partial charge in [0.2, 0.25) is 0 Å². The topological polar surface area (TPSA) is 12.9 Å². The van der Waals surface area contributed by atoms with Crippen LogP contribution in [0, 0.1) is 0 Å². The predicted octanol–water partition coefficient (Wildman–Crippen LogP) is 4.81. The molecule has 1 aliphatic carbocycles. The smallest absolute Gasteiger partial charge is 0.0735 e. The van der Waals surface area contributed by atoms with Gasteiger partial charge in [0.25, 0.3) is 0 Å². The Morgan fingerprint density at radius 2 is 1.82 bits per heavy atom. The predicted molar refractivity (Wildman–Crippen MR) is 73.0 cm³/mol. The van der Waals surface area contributed by atoms with Crippen molar-refractivity contribution >= 4 is 34.1 Å². The standard InChI is InChI=1S/C14H13Cl2N/c15-10-6-4-8-12-13(10)14(16)9-5-2-1-3-7-11(9)17-12/h4,6,8H,1-3,5,7H2. The second kappa shape index (κ2) is 4.47. The number of hydrogen-bond donors (Lipinski definition) is 0. The summed E-state index contributed by atoms with van der Waals surface area (Å²) in [6, 6.07) is 5.79. The van der Waals surface area contributed by atoms with Crippen LogP contribution in [0.5, 0.6) is 0 Å². The molecule has 0 N–H and O–H groups in total. The highest BCUT2D eigenvalue weighted by atomic mass is 35.5. The molecule has 0 radical (unpaired) electrons. The molecule has 0 unspecified atom stereocenters. The zero-order valence-corrected chi connectivity index (χ0v) is 11.0. The van der Waals surface area contributed by atoms with Crippen molar-refractivity contribution in [1.29, 1.82) is 0 Å². The summed E-state index contributed by atoms with van der Waals surface area (Å²) in [5.74, 6) is 0. The summed E-state index contributed by atoms with van der Waals surface area (Å²) in [7, 11) is 0. The largest absolute Gasteiger partial charge is 0.252 e. The number of halogens is 2. The van der Waals surface area contributed by atoms with E-state index in [0.29, 0.717) is 5.02 Å². The van der Waals surface area contributed by atoms with Crippen LogP contribution in [0.1, 0.15) is 30.5 Å². The van der Waals surface area contributed by atoms with Crippen molar-refractivity contribution in [3.05, 3.63) is 39.5 Å². The SMILES string of the molecule is Clc1cccc2nc3c(c(Cl)c12)CCCCC3. The van der Waals surface area contributed by atoms with Crippen molar-refractivity contribution in [2.75, 3.05) is 0 Å². The number of rotatable bonds is 0. The van der Waals surface area contributed by atoms with Gasteiger partial charge in [0, 0.05) is 11.1 Å². The fourth-order valence-electron chi connectivity index (χ4n) is 2.55. The Morgan fingerprint density at radius 3 is 2.71 bits per heavy atom. The lowest BCUT2D eigenvalue weighted by Gasteiger charge is -2.11. The van der Waals surface area contributed by atoms with Crippen molar-refractivity contribution in [3.8, 4) is 0 Å². The molecule has 1 aliphatic rings. The molecule has 0 spiro atoms. The third-order valence-electron chi connectivity index (χ3n) is 3.42. The molecule has 0 aliphatic heterocycles. The first-order valence-corrected chi connectivity index (χ1v) is 6.78. The van der Waals surface area contributed by atoms with Gasteiger partial charge in [0.15, 0.2) is 0 Å². The molecule has 0 amide bonds. The Hall–Kier alpha value is -0.790. The summed E-state index contributed by atoms with van der Waals surface area (Å²) in [6.45, 7) is 0. The maximum absolute atomic E-state index is 6.51. The van der Waals surface area contributed by atoms with E-state index in [1.807, 2.05) is 18.2 Å². The van der Waals surface area contributed by atoms with Gasteiger partial charge in [-0.15, -0.1) is 0 Å². The highest BCUT2D eigenvalue weighted by Gasteiger charge is 2.17. The van der Waals surface area contributed by atoms with Crippen LogP contribution in [0.4, 0.5) is 0 Å². The minimum Gasteiger partial charge on any atom is -0.252 e. The summed E-state index contributed by atoms with van der Waals surface area (Å²) < 4.78 is 0. The minimum absolute atomic E-state index is 0.701. The van der Waals surface area contributed by atoms with Gasteiger partial charge in [0.1, 0.15) is 0 Å². The third-order valence-corrected chi connectivity index (χ3v) is 4.15. The lowest BCUT2D eigenvalue weighted by molar-refractivity contribution is 0.709. The first-order valence-electron chi connectivity index (χ1n) is 6.03. The minimum atomic E-state index is 0.701. The summed E-state index contributed by atoms with van der Waals surface area (Å²) in [6.07, 6.45) is 5.74. The van der Waals surface area contributed by atoms with Crippen molar-refractivity contribution in [1.82, 2.24) is 4.98 Å². The Balaban J connectivity index is 2.34. The van der Waals surface area contributed by atoms with Crippen molar-refractivity contribution < 1.29 is 0 Å². The number of benzene rings is 1. The van der Waals surface area contributed by atoms with Crippen molar-refractivity contribution in [2.45, 2.75) is 32.1 Å². The van der Waals surface area contributed by atoms with Crippen LogP contribution in [0.25, 0.3) is 10.9 Å². The summed E-state index contributed by atoms with van der Waals surface area (Å²) in [5, 5.41) is 2.43. The van der Waals surface area contributed by atoms with Crippen LogP contribution >= 0.6 is 23.2 Å². The quantitative estimate of drug-likeness (QED) is 0.623. The molecule has 1 heterocycles. The van der Waals surface area contributed by atoms with E-state index in [1.165, 1.54) is 30.5 Å². The van der Waals surface area contributed by atoms with E-state index >= 15 is 0 Å². The first-order chi connectivity index (χ1) is 8.27. The van der Waals surface area contributed by atoms with E-state index in [9.17, 15) is 0 Å². The van der Waals surface area contributed by atoms with Gasteiger partial charge < -0.3 is 0 Å². The third kappa shape index (κ3) is 1.92. The molecule has 2 aromatic rings. The molecule has 88 valence electrons. The molecule has 1 aromatic heterocycles.